The molecule has 5 rings (SSSR count). The second-order valence-corrected chi connectivity index (χ2v) is 10.5. The van der Waals surface area contributed by atoms with Crippen molar-refractivity contribution in [3.63, 3.8) is 0 Å². The van der Waals surface area contributed by atoms with Crippen LogP contribution in [-0.4, -0.2) is 40.2 Å². The minimum Gasteiger partial charge on any atom is -0.609 e. The first-order valence-corrected chi connectivity index (χ1v) is 12.9. The molecule has 1 fully saturated rings. The predicted octanol–water partition coefficient (Wildman–Crippen LogP) is 5.16. The first kappa shape index (κ1) is 22.9. The van der Waals surface area contributed by atoms with Gasteiger partial charge in [0.05, 0.1) is 6.61 Å². The predicted molar refractivity (Wildman–Crippen MR) is 130 cm³/mol. The minimum atomic E-state index is -1.12. The highest BCUT2D eigenvalue weighted by molar-refractivity contribution is 7.91. The summed E-state index contributed by atoms with van der Waals surface area (Å²) in [5.74, 6) is 2.20. The van der Waals surface area contributed by atoms with Gasteiger partial charge in [-0.3, -0.25) is 0 Å². The normalized spacial score (nSPS) is 18.1. The van der Waals surface area contributed by atoms with Gasteiger partial charge in [0.2, 0.25) is 5.95 Å². The van der Waals surface area contributed by atoms with Crippen LogP contribution in [0.15, 0.2) is 53.7 Å². The number of ether oxygens (including phenoxy) is 2. The van der Waals surface area contributed by atoms with E-state index in [4.69, 9.17) is 9.47 Å². The van der Waals surface area contributed by atoms with Crippen molar-refractivity contribution in [3.8, 4) is 22.6 Å². The van der Waals surface area contributed by atoms with Crippen LogP contribution < -0.4 is 14.4 Å². The molecule has 178 valence electrons. The summed E-state index contributed by atoms with van der Waals surface area (Å²) in [7, 11) is 0. The average molecular weight is 482 g/mol. The number of fused-ring (bicyclic) bond motifs is 1. The summed E-state index contributed by atoms with van der Waals surface area (Å²) < 4.78 is 37.9. The molecular weight excluding hydrogens is 453 g/mol. The first-order chi connectivity index (χ1) is 16.5. The molecule has 0 unspecified atom stereocenters. The average Bonchev–Trinajstić information content (AvgIpc) is 3.23. The minimum absolute atomic E-state index is 0.177. The Morgan fingerprint density at radius 3 is 2.53 bits per heavy atom. The van der Waals surface area contributed by atoms with E-state index in [0.29, 0.717) is 29.1 Å². The van der Waals surface area contributed by atoms with Crippen LogP contribution in [0.2, 0.25) is 0 Å². The van der Waals surface area contributed by atoms with Crippen molar-refractivity contribution in [3.05, 3.63) is 60.2 Å². The van der Waals surface area contributed by atoms with E-state index < -0.39 is 17.0 Å². The molecular formula is C26H28FN3O3S. The SMILES string of the molecule is CC(C)c1cnc(N2CCC(COc3ccc(-c4ccc5c(c4)OC[S@+]5[O-])cc3F)CC2)nc1. The van der Waals surface area contributed by atoms with Gasteiger partial charge in [0.25, 0.3) is 5.94 Å². The van der Waals surface area contributed by atoms with Crippen LogP contribution in [0.25, 0.3) is 11.1 Å². The summed E-state index contributed by atoms with van der Waals surface area (Å²) in [4.78, 5) is 11.9. The lowest BCUT2D eigenvalue weighted by atomic mass is 9.98. The molecule has 0 amide bonds. The fraction of sp³-hybridized carbons (Fsp3) is 0.385. The lowest BCUT2D eigenvalue weighted by Crippen LogP contribution is -2.36. The Kier molecular flexibility index (Phi) is 6.61. The lowest BCUT2D eigenvalue weighted by Gasteiger charge is -2.32. The van der Waals surface area contributed by atoms with Crippen LogP contribution in [0.3, 0.4) is 0 Å². The van der Waals surface area contributed by atoms with Crippen LogP contribution in [0.4, 0.5) is 10.3 Å². The first-order valence-electron chi connectivity index (χ1n) is 11.6. The van der Waals surface area contributed by atoms with Crippen molar-refractivity contribution < 1.29 is 18.4 Å². The van der Waals surface area contributed by atoms with E-state index >= 15 is 0 Å². The van der Waals surface area contributed by atoms with Crippen molar-refractivity contribution in [2.45, 2.75) is 37.5 Å². The second kappa shape index (κ2) is 9.80. The molecule has 1 atom stereocenters. The highest BCUT2D eigenvalue weighted by atomic mass is 32.2. The summed E-state index contributed by atoms with van der Waals surface area (Å²) in [6.45, 7) is 6.47. The number of piperidine rings is 1. The topological polar surface area (TPSA) is 70.5 Å². The van der Waals surface area contributed by atoms with E-state index in [9.17, 15) is 8.94 Å². The molecule has 2 aliphatic heterocycles. The van der Waals surface area contributed by atoms with Crippen molar-refractivity contribution in [1.29, 1.82) is 0 Å². The second-order valence-electron chi connectivity index (χ2n) is 9.13. The largest absolute Gasteiger partial charge is 0.609 e. The Balaban J connectivity index is 1.16. The van der Waals surface area contributed by atoms with Gasteiger partial charge in [-0.2, -0.15) is 0 Å². The Hall–Kier alpha value is -2.84. The number of nitrogens with zero attached hydrogens (tertiary/aromatic N) is 3. The molecule has 6 nitrogen and oxygen atoms in total. The summed E-state index contributed by atoms with van der Waals surface area (Å²) >= 11 is -1.12. The zero-order chi connectivity index (χ0) is 23.7. The molecule has 3 aromatic rings. The number of anilines is 1. The van der Waals surface area contributed by atoms with E-state index in [2.05, 4.69) is 28.7 Å². The Morgan fingerprint density at radius 2 is 1.82 bits per heavy atom. The lowest BCUT2D eigenvalue weighted by molar-refractivity contribution is 0.215. The molecule has 34 heavy (non-hydrogen) atoms. The van der Waals surface area contributed by atoms with Crippen molar-refractivity contribution in [2.24, 2.45) is 5.92 Å². The van der Waals surface area contributed by atoms with Gasteiger partial charge < -0.3 is 18.9 Å². The van der Waals surface area contributed by atoms with Gasteiger partial charge in [-0.25, -0.2) is 14.4 Å². The van der Waals surface area contributed by atoms with Gasteiger partial charge in [-0.05, 0) is 71.7 Å². The van der Waals surface area contributed by atoms with E-state index in [1.54, 1.807) is 12.1 Å². The standard InChI is InChI=1S/C26H28FN3O3S/c1-17(2)21-13-28-26(29-14-21)30-9-7-18(8-10-30)15-32-23-5-3-19(11-22(23)27)20-4-6-25-24(12-20)33-16-34(25)31/h3-6,11-14,17-18H,7-10,15-16H2,1-2H3/t34-/m0/s1. The highest BCUT2D eigenvalue weighted by Gasteiger charge is 2.26. The molecule has 1 aromatic heterocycles. The molecule has 0 spiro atoms. The molecule has 8 heteroatoms. The molecule has 0 bridgehead atoms. The van der Waals surface area contributed by atoms with Gasteiger partial charge in [0, 0.05) is 36.7 Å². The Bertz CT molecular complexity index is 1150. The maximum atomic E-state index is 14.8. The maximum absolute atomic E-state index is 14.8. The van der Waals surface area contributed by atoms with Gasteiger partial charge >= 0.3 is 0 Å². The zero-order valence-electron chi connectivity index (χ0n) is 19.4. The van der Waals surface area contributed by atoms with Crippen molar-refractivity contribution in [1.82, 2.24) is 9.97 Å². The third-order valence-electron chi connectivity index (χ3n) is 6.47. The highest BCUT2D eigenvalue weighted by Crippen LogP contribution is 2.36. The van der Waals surface area contributed by atoms with Crippen LogP contribution >= 0.6 is 0 Å². The summed E-state index contributed by atoms with van der Waals surface area (Å²) in [5, 5.41) is 0. The van der Waals surface area contributed by atoms with Crippen LogP contribution in [-0.2, 0) is 11.2 Å². The smallest absolute Gasteiger partial charge is 0.250 e. The third-order valence-corrected chi connectivity index (χ3v) is 7.63. The summed E-state index contributed by atoms with van der Waals surface area (Å²) in [5.41, 5.74) is 2.69. The van der Waals surface area contributed by atoms with Gasteiger partial charge in [-0.15, -0.1) is 0 Å². The Morgan fingerprint density at radius 1 is 1.12 bits per heavy atom. The van der Waals surface area contributed by atoms with Gasteiger partial charge in [-0.1, -0.05) is 19.9 Å². The van der Waals surface area contributed by atoms with E-state index in [0.717, 1.165) is 48.6 Å². The third kappa shape index (κ3) is 4.83. The summed E-state index contributed by atoms with van der Waals surface area (Å²) in [6, 6.07) is 10.4. The van der Waals surface area contributed by atoms with Gasteiger partial charge in [0.1, 0.15) is 0 Å². The number of halogens is 1. The fourth-order valence-corrected chi connectivity index (χ4v) is 5.19. The van der Waals surface area contributed by atoms with Crippen LogP contribution in [0.1, 0.15) is 38.2 Å². The molecule has 0 saturated carbocycles. The van der Waals surface area contributed by atoms with E-state index in [-0.39, 0.29) is 11.7 Å². The molecule has 3 heterocycles. The molecule has 1 saturated heterocycles. The van der Waals surface area contributed by atoms with E-state index in [1.807, 2.05) is 30.6 Å². The van der Waals surface area contributed by atoms with E-state index in [1.165, 1.54) is 6.07 Å². The number of benzene rings is 2. The quantitative estimate of drug-likeness (QED) is 0.453. The number of hydrogen-bond donors (Lipinski definition) is 0. The number of hydrogen-bond acceptors (Lipinski definition) is 6. The molecule has 2 aliphatic rings. The van der Waals surface area contributed by atoms with Gasteiger partial charge in [0.15, 0.2) is 22.2 Å². The van der Waals surface area contributed by atoms with Crippen molar-refractivity contribution in [2.75, 3.05) is 30.5 Å². The van der Waals surface area contributed by atoms with Crippen molar-refractivity contribution >= 4 is 17.1 Å². The monoisotopic (exact) mass is 481 g/mol. The summed E-state index contributed by atoms with van der Waals surface area (Å²) in [6.07, 6.45) is 5.72. The van der Waals surface area contributed by atoms with Crippen LogP contribution in [0, 0.1) is 11.7 Å². The van der Waals surface area contributed by atoms with Crippen LogP contribution in [0.5, 0.6) is 11.5 Å². The number of rotatable bonds is 6. The number of aromatic nitrogens is 2. The molecule has 0 N–H and O–H groups in total. The molecule has 0 radical (unpaired) electrons. The molecule has 2 aromatic carbocycles. The fourth-order valence-electron chi connectivity index (χ4n) is 4.27. The zero-order valence-corrected chi connectivity index (χ0v) is 20.2. The molecule has 0 aliphatic carbocycles. The maximum Gasteiger partial charge on any atom is 0.250 e. The Labute approximate surface area is 202 Å².